The predicted molar refractivity (Wildman–Crippen MR) is 76.2 cm³/mol. The molecule has 6 heteroatoms. The van der Waals surface area contributed by atoms with E-state index in [0.717, 1.165) is 28.3 Å². The molecule has 0 saturated carbocycles. The van der Waals surface area contributed by atoms with Crippen LogP contribution in [0.2, 0.25) is 0 Å². The van der Waals surface area contributed by atoms with E-state index in [9.17, 15) is 9.90 Å². The summed E-state index contributed by atoms with van der Waals surface area (Å²) in [6.45, 7) is 7.37. The van der Waals surface area contributed by atoms with Gasteiger partial charge in [0.2, 0.25) is 0 Å². The minimum atomic E-state index is -0.948. The molecule has 0 radical (unpaired) electrons. The predicted octanol–water partition coefficient (Wildman–Crippen LogP) is 3.29. The smallest absolute Gasteiger partial charge is 0.338 e. The monoisotopic (exact) mass is 292 g/mol. The summed E-state index contributed by atoms with van der Waals surface area (Å²) < 4.78 is 5.11. The highest BCUT2D eigenvalue weighted by Crippen LogP contribution is 2.29. The number of aromatic carboxylic acids is 1. The fraction of sp³-hybridized carbons (Fsp3) is 0.357. The highest BCUT2D eigenvalue weighted by molar-refractivity contribution is 7.98. The number of carbonyl (C=O) groups is 1. The van der Waals surface area contributed by atoms with Gasteiger partial charge in [0.05, 0.1) is 11.3 Å². The fourth-order valence-electron chi connectivity index (χ4n) is 2.02. The van der Waals surface area contributed by atoms with Crippen molar-refractivity contribution in [3.8, 4) is 0 Å². The van der Waals surface area contributed by atoms with Crippen LogP contribution in [0.4, 0.5) is 0 Å². The van der Waals surface area contributed by atoms with Gasteiger partial charge in [-0.1, -0.05) is 5.16 Å². The standard InChI is InChI=1S/C14H16N2O3S/c1-7-5-8(2)15-13(12(7)14(17)18)20-6-11-9(3)16-19-10(11)4/h5H,6H2,1-4H3,(H,17,18). The third-order valence-corrected chi connectivity index (χ3v) is 4.06. The molecule has 0 aliphatic carbocycles. The molecular weight excluding hydrogens is 276 g/mol. The van der Waals surface area contributed by atoms with Gasteiger partial charge in [-0.05, 0) is 39.3 Å². The van der Waals surface area contributed by atoms with Crippen LogP contribution < -0.4 is 0 Å². The number of nitrogens with zero attached hydrogens (tertiary/aromatic N) is 2. The molecule has 2 aromatic heterocycles. The molecule has 0 aliphatic heterocycles. The molecule has 2 aromatic rings. The van der Waals surface area contributed by atoms with Gasteiger partial charge in [0.15, 0.2) is 0 Å². The van der Waals surface area contributed by atoms with Crippen LogP contribution in [0.1, 0.15) is 38.6 Å². The van der Waals surface area contributed by atoms with Crippen molar-refractivity contribution in [2.24, 2.45) is 0 Å². The summed E-state index contributed by atoms with van der Waals surface area (Å²) in [6, 6.07) is 1.78. The summed E-state index contributed by atoms with van der Waals surface area (Å²) in [5.74, 6) is 0.407. The first kappa shape index (κ1) is 14.6. The molecule has 0 bridgehead atoms. The lowest BCUT2D eigenvalue weighted by Crippen LogP contribution is -2.05. The summed E-state index contributed by atoms with van der Waals surface area (Å²) in [4.78, 5) is 15.7. The summed E-state index contributed by atoms with van der Waals surface area (Å²) in [7, 11) is 0. The number of hydrogen-bond acceptors (Lipinski definition) is 5. The number of pyridine rings is 1. The molecule has 0 saturated heterocycles. The van der Waals surface area contributed by atoms with E-state index in [1.54, 1.807) is 13.0 Å². The SMILES string of the molecule is Cc1cc(C)c(C(=O)O)c(SCc2c(C)noc2C)n1. The van der Waals surface area contributed by atoms with Gasteiger partial charge in [0.1, 0.15) is 10.8 Å². The maximum atomic E-state index is 11.4. The molecule has 0 amide bonds. The number of carboxylic acids is 1. The van der Waals surface area contributed by atoms with Gasteiger partial charge in [-0.15, -0.1) is 11.8 Å². The van der Waals surface area contributed by atoms with E-state index in [0.29, 0.717) is 10.8 Å². The molecule has 5 nitrogen and oxygen atoms in total. The van der Waals surface area contributed by atoms with Crippen LogP contribution in [0, 0.1) is 27.7 Å². The Labute approximate surface area is 121 Å². The first-order valence-corrected chi connectivity index (χ1v) is 7.14. The topological polar surface area (TPSA) is 76.2 Å². The van der Waals surface area contributed by atoms with Gasteiger partial charge < -0.3 is 9.63 Å². The Morgan fingerprint density at radius 3 is 2.60 bits per heavy atom. The molecule has 0 aromatic carbocycles. The number of carboxylic acid groups (broad SMARTS) is 1. The zero-order chi connectivity index (χ0) is 14.9. The van der Waals surface area contributed by atoms with E-state index in [1.165, 1.54) is 11.8 Å². The molecule has 0 aliphatic rings. The second-order valence-corrected chi connectivity index (χ2v) is 5.62. The molecule has 106 valence electrons. The van der Waals surface area contributed by atoms with Crippen molar-refractivity contribution in [3.63, 3.8) is 0 Å². The van der Waals surface area contributed by atoms with Crippen molar-refractivity contribution >= 4 is 17.7 Å². The Morgan fingerprint density at radius 1 is 1.35 bits per heavy atom. The van der Waals surface area contributed by atoms with E-state index in [1.807, 2.05) is 20.8 Å². The van der Waals surface area contributed by atoms with E-state index in [4.69, 9.17) is 4.52 Å². The Balaban J connectivity index is 2.32. The molecule has 1 N–H and O–H groups in total. The molecule has 2 rings (SSSR count). The van der Waals surface area contributed by atoms with Gasteiger partial charge in [-0.2, -0.15) is 0 Å². The number of aryl methyl sites for hydroxylation is 4. The Hall–Kier alpha value is -1.82. The van der Waals surface area contributed by atoms with Crippen LogP contribution >= 0.6 is 11.8 Å². The summed E-state index contributed by atoms with van der Waals surface area (Å²) in [5.41, 5.74) is 3.64. The number of hydrogen-bond donors (Lipinski definition) is 1. The Kier molecular flexibility index (Phi) is 4.13. The largest absolute Gasteiger partial charge is 0.478 e. The van der Waals surface area contributed by atoms with Crippen LogP contribution in [-0.4, -0.2) is 21.2 Å². The van der Waals surface area contributed by atoms with Gasteiger partial charge >= 0.3 is 5.97 Å². The van der Waals surface area contributed by atoms with Gasteiger partial charge in [0, 0.05) is 17.0 Å². The number of thioether (sulfide) groups is 1. The van der Waals surface area contributed by atoms with Gasteiger partial charge in [-0.3, -0.25) is 0 Å². The Morgan fingerprint density at radius 2 is 2.05 bits per heavy atom. The average molecular weight is 292 g/mol. The summed E-state index contributed by atoms with van der Waals surface area (Å²) >= 11 is 1.40. The second kappa shape index (κ2) is 5.66. The van der Waals surface area contributed by atoms with E-state index < -0.39 is 5.97 Å². The molecule has 0 unspecified atom stereocenters. The third-order valence-electron chi connectivity index (χ3n) is 3.06. The zero-order valence-corrected chi connectivity index (χ0v) is 12.7. The molecule has 2 heterocycles. The van der Waals surface area contributed by atoms with Gasteiger partial charge in [0.25, 0.3) is 0 Å². The molecular formula is C14H16N2O3S. The van der Waals surface area contributed by atoms with Crippen molar-refractivity contribution < 1.29 is 14.4 Å². The highest BCUT2D eigenvalue weighted by atomic mass is 32.2. The lowest BCUT2D eigenvalue weighted by Gasteiger charge is -2.09. The molecule has 0 spiro atoms. The number of rotatable bonds is 4. The van der Waals surface area contributed by atoms with E-state index in [-0.39, 0.29) is 5.56 Å². The molecule has 0 atom stereocenters. The maximum Gasteiger partial charge on any atom is 0.338 e. The zero-order valence-electron chi connectivity index (χ0n) is 11.9. The van der Waals surface area contributed by atoms with Crippen LogP contribution in [0.25, 0.3) is 0 Å². The van der Waals surface area contributed by atoms with Crippen molar-refractivity contribution in [1.82, 2.24) is 10.1 Å². The van der Waals surface area contributed by atoms with Crippen LogP contribution in [0.15, 0.2) is 15.6 Å². The van der Waals surface area contributed by atoms with Crippen molar-refractivity contribution in [2.75, 3.05) is 0 Å². The summed E-state index contributed by atoms with van der Waals surface area (Å²) in [6.07, 6.45) is 0. The van der Waals surface area contributed by atoms with E-state index >= 15 is 0 Å². The molecule has 20 heavy (non-hydrogen) atoms. The normalized spacial score (nSPS) is 10.8. The maximum absolute atomic E-state index is 11.4. The van der Waals surface area contributed by atoms with Gasteiger partial charge in [-0.25, -0.2) is 9.78 Å². The first-order valence-electron chi connectivity index (χ1n) is 6.16. The van der Waals surface area contributed by atoms with E-state index in [2.05, 4.69) is 10.1 Å². The first-order chi connectivity index (χ1) is 9.40. The third kappa shape index (κ3) is 2.85. The molecule has 0 fully saturated rings. The quantitative estimate of drug-likeness (QED) is 0.871. The fourth-order valence-corrected chi connectivity index (χ4v) is 3.31. The lowest BCUT2D eigenvalue weighted by atomic mass is 10.1. The minimum Gasteiger partial charge on any atom is -0.478 e. The van der Waals surface area contributed by atoms with Crippen molar-refractivity contribution in [2.45, 2.75) is 38.5 Å². The average Bonchev–Trinajstić information content (AvgIpc) is 2.65. The van der Waals surface area contributed by atoms with Crippen molar-refractivity contribution in [1.29, 1.82) is 0 Å². The van der Waals surface area contributed by atoms with Crippen LogP contribution in [0.5, 0.6) is 0 Å². The Bertz CT molecular complexity index is 645. The van der Waals surface area contributed by atoms with Crippen molar-refractivity contribution in [3.05, 3.63) is 39.9 Å². The minimum absolute atomic E-state index is 0.271. The van der Waals surface area contributed by atoms with Crippen LogP contribution in [0.3, 0.4) is 0 Å². The second-order valence-electron chi connectivity index (χ2n) is 4.66. The number of aromatic nitrogens is 2. The summed E-state index contributed by atoms with van der Waals surface area (Å²) in [5, 5.41) is 13.8. The lowest BCUT2D eigenvalue weighted by molar-refractivity contribution is 0.0691. The van der Waals surface area contributed by atoms with Crippen LogP contribution in [-0.2, 0) is 5.75 Å². The highest BCUT2D eigenvalue weighted by Gasteiger charge is 2.17.